The van der Waals surface area contributed by atoms with Crippen LogP contribution in [-0.2, 0) is 9.59 Å². The number of halogens is 2. The molecule has 1 saturated carbocycles. The molecule has 1 aliphatic heterocycles. The van der Waals surface area contributed by atoms with E-state index in [1.165, 1.54) is 4.90 Å². The van der Waals surface area contributed by atoms with Gasteiger partial charge in [-0.3, -0.25) is 19.4 Å². The summed E-state index contributed by atoms with van der Waals surface area (Å²) < 4.78 is 26.3. The van der Waals surface area contributed by atoms with Crippen LogP contribution in [0.3, 0.4) is 0 Å². The van der Waals surface area contributed by atoms with Gasteiger partial charge in [-0.05, 0) is 32.0 Å². The van der Waals surface area contributed by atoms with Crippen LogP contribution in [0.1, 0.15) is 25.7 Å². The molecule has 0 atom stereocenters. The fraction of sp³-hybridized carbons (Fsp3) is 0.500. The van der Waals surface area contributed by atoms with Crippen molar-refractivity contribution in [3.8, 4) is 0 Å². The van der Waals surface area contributed by atoms with E-state index < -0.39 is 29.1 Å². The number of urea groups is 1. The normalized spacial score (nSPS) is 18.4. The summed E-state index contributed by atoms with van der Waals surface area (Å²) in [6.45, 7) is 0.428. The van der Waals surface area contributed by atoms with Crippen molar-refractivity contribution >= 4 is 23.5 Å². The van der Waals surface area contributed by atoms with Gasteiger partial charge in [0.1, 0.15) is 17.2 Å². The van der Waals surface area contributed by atoms with E-state index in [9.17, 15) is 23.2 Å². The summed E-state index contributed by atoms with van der Waals surface area (Å²) in [7, 11) is 1.66. The van der Waals surface area contributed by atoms with Crippen molar-refractivity contribution < 1.29 is 23.2 Å². The van der Waals surface area contributed by atoms with E-state index in [-0.39, 0.29) is 24.7 Å². The third-order valence-electron chi connectivity index (χ3n) is 4.97. The molecule has 1 saturated heterocycles. The first-order chi connectivity index (χ1) is 12.8. The van der Waals surface area contributed by atoms with Gasteiger partial charge in [-0.15, -0.1) is 0 Å². The Morgan fingerprint density at radius 1 is 1.22 bits per heavy atom. The van der Waals surface area contributed by atoms with Gasteiger partial charge in [0.05, 0.1) is 6.54 Å². The van der Waals surface area contributed by atoms with Crippen molar-refractivity contribution in [2.24, 2.45) is 0 Å². The summed E-state index contributed by atoms with van der Waals surface area (Å²) >= 11 is 0. The molecule has 4 amide bonds. The van der Waals surface area contributed by atoms with E-state index in [1.807, 2.05) is 0 Å². The monoisotopic (exact) mass is 380 g/mol. The number of likely N-dealkylation sites (N-methyl/N-ethyl adjacent to an activating group) is 1. The summed E-state index contributed by atoms with van der Waals surface area (Å²) in [6, 6.07) is 2.37. The Bertz CT molecular complexity index is 745. The van der Waals surface area contributed by atoms with Gasteiger partial charge in [0, 0.05) is 24.8 Å². The number of rotatable bonds is 6. The number of carbonyl (C=O) groups is 3. The summed E-state index contributed by atoms with van der Waals surface area (Å²) in [5.74, 6) is -2.21. The molecule has 0 unspecified atom stereocenters. The lowest BCUT2D eigenvalue weighted by molar-refractivity contribution is -0.131. The Hall–Kier alpha value is -2.55. The minimum atomic E-state index is -0.780. The molecule has 0 bridgehead atoms. The van der Waals surface area contributed by atoms with Gasteiger partial charge in [-0.25, -0.2) is 13.6 Å². The molecule has 146 valence electrons. The summed E-state index contributed by atoms with van der Waals surface area (Å²) in [5, 5.41) is 5.22. The number of hydrogen-bond donors (Lipinski definition) is 2. The van der Waals surface area contributed by atoms with Crippen molar-refractivity contribution in [1.82, 2.24) is 15.1 Å². The highest BCUT2D eigenvalue weighted by Crippen LogP contribution is 2.34. The van der Waals surface area contributed by atoms with Crippen molar-refractivity contribution in [2.45, 2.75) is 31.2 Å². The first-order valence-corrected chi connectivity index (χ1v) is 8.88. The van der Waals surface area contributed by atoms with Crippen LogP contribution in [0.2, 0.25) is 0 Å². The van der Waals surface area contributed by atoms with Crippen molar-refractivity contribution in [1.29, 1.82) is 0 Å². The third-order valence-corrected chi connectivity index (χ3v) is 4.97. The lowest BCUT2D eigenvalue weighted by Crippen LogP contribution is -2.44. The first kappa shape index (κ1) is 19.2. The molecule has 2 N–H and O–H groups in total. The van der Waals surface area contributed by atoms with Crippen LogP contribution in [0.5, 0.6) is 0 Å². The predicted molar refractivity (Wildman–Crippen MR) is 93.9 cm³/mol. The second-order valence-electron chi connectivity index (χ2n) is 7.12. The fourth-order valence-electron chi connectivity index (χ4n) is 3.62. The zero-order chi connectivity index (χ0) is 19.6. The molecule has 9 heteroatoms. The summed E-state index contributed by atoms with van der Waals surface area (Å²) in [4.78, 5) is 39.5. The summed E-state index contributed by atoms with van der Waals surface area (Å²) in [5.41, 5.74) is -0.711. The molecule has 1 spiro atoms. The highest BCUT2D eigenvalue weighted by Gasteiger charge is 2.52. The van der Waals surface area contributed by atoms with Gasteiger partial charge in [0.2, 0.25) is 5.91 Å². The molecule has 1 heterocycles. The van der Waals surface area contributed by atoms with Gasteiger partial charge in [-0.2, -0.15) is 0 Å². The van der Waals surface area contributed by atoms with E-state index in [1.54, 1.807) is 11.9 Å². The molecule has 7 nitrogen and oxygen atoms in total. The second-order valence-corrected chi connectivity index (χ2v) is 7.12. The maximum Gasteiger partial charge on any atom is 0.325 e. The van der Waals surface area contributed by atoms with E-state index in [0.29, 0.717) is 19.4 Å². The Balaban J connectivity index is 1.49. The van der Waals surface area contributed by atoms with Gasteiger partial charge in [0.15, 0.2) is 0 Å². The Labute approximate surface area is 155 Å². The first-order valence-electron chi connectivity index (χ1n) is 8.88. The number of hydrogen-bond acceptors (Lipinski definition) is 4. The Morgan fingerprint density at radius 2 is 1.85 bits per heavy atom. The number of nitrogens with one attached hydrogen (secondary N) is 2. The van der Waals surface area contributed by atoms with E-state index in [2.05, 4.69) is 10.6 Å². The highest BCUT2D eigenvalue weighted by atomic mass is 19.1. The standard InChI is InChI=1S/C18H22F2N4O3/c1-23(11-15(25)21-14-9-12(19)8-13(20)10-14)6-7-24-16(26)18(22-17(24)27)4-2-3-5-18/h8-10H,2-7,11H2,1H3,(H,21,25)(H,22,27). The average Bonchev–Trinajstić information content (AvgIpc) is 3.11. The minimum Gasteiger partial charge on any atom is -0.325 e. The molecule has 2 fully saturated rings. The molecular formula is C18H22F2N4O3. The van der Waals surface area contributed by atoms with Gasteiger partial charge >= 0.3 is 6.03 Å². The fourth-order valence-corrected chi connectivity index (χ4v) is 3.62. The molecule has 0 radical (unpaired) electrons. The quantitative estimate of drug-likeness (QED) is 0.736. The second kappa shape index (κ2) is 7.59. The molecule has 2 aliphatic rings. The number of anilines is 1. The van der Waals surface area contributed by atoms with Gasteiger partial charge < -0.3 is 10.6 Å². The highest BCUT2D eigenvalue weighted by molar-refractivity contribution is 6.07. The smallest absolute Gasteiger partial charge is 0.325 e. The number of amides is 4. The minimum absolute atomic E-state index is 0.0307. The van der Waals surface area contributed by atoms with Gasteiger partial charge in [0.25, 0.3) is 5.91 Å². The van der Waals surface area contributed by atoms with Crippen LogP contribution >= 0.6 is 0 Å². The van der Waals surface area contributed by atoms with Crippen LogP contribution in [0, 0.1) is 11.6 Å². The predicted octanol–water partition coefficient (Wildman–Crippen LogP) is 1.70. The zero-order valence-corrected chi connectivity index (χ0v) is 15.1. The Morgan fingerprint density at radius 3 is 2.48 bits per heavy atom. The van der Waals surface area contributed by atoms with Crippen molar-refractivity contribution in [2.75, 3.05) is 32.0 Å². The van der Waals surface area contributed by atoms with Crippen LogP contribution in [0.25, 0.3) is 0 Å². The lowest BCUT2D eigenvalue weighted by Gasteiger charge is -2.22. The maximum absolute atomic E-state index is 13.2. The van der Waals surface area contributed by atoms with Crippen LogP contribution in [0.15, 0.2) is 18.2 Å². The van der Waals surface area contributed by atoms with Crippen LogP contribution in [-0.4, -0.2) is 59.9 Å². The maximum atomic E-state index is 13.2. The number of carbonyl (C=O) groups excluding carboxylic acids is 3. The number of nitrogens with zero attached hydrogens (tertiary/aromatic N) is 2. The van der Waals surface area contributed by atoms with Crippen molar-refractivity contribution in [3.63, 3.8) is 0 Å². The lowest BCUT2D eigenvalue weighted by atomic mass is 9.98. The Kier molecular flexibility index (Phi) is 5.41. The molecule has 27 heavy (non-hydrogen) atoms. The van der Waals surface area contributed by atoms with Crippen LogP contribution < -0.4 is 10.6 Å². The third kappa shape index (κ3) is 4.24. The summed E-state index contributed by atoms with van der Waals surface area (Å²) in [6.07, 6.45) is 3.16. The van der Waals surface area contributed by atoms with Crippen molar-refractivity contribution in [3.05, 3.63) is 29.8 Å². The number of benzene rings is 1. The van der Waals surface area contributed by atoms with E-state index >= 15 is 0 Å². The topological polar surface area (TPSA) is 81.8 Å². The molecule has 1 aromatic carbocycles. The average molecular weight is 380 g/mol. The molecule has 0 aromatic heterocycles. The van der Waals surface area contributed by atoms with E-state index in [0.717, 1.165) is 31.0 Å². The SMILES string of the molecule is CN(CCN1C(=O)NC2(CCCC2)C1=O)CC(=O)Nc1cc(F)cc(F)c1. The molecule has 3 rings (SSSR count). The van der Waals surface area contributed by atoms with E-state index in [4.69, 9.17) is 0 Å². The molecule has 1 aliphatic carbocycles. The number of imide groups is 1. The molecule has 1 aromatic rings. The van der Waals surface area contributed by atoms with Gasteiger partial charge in [-0.1, -0.05) is 12.8 Å². The van der Waals surface area contributed by atoms with Crippen LogP contribution in [0.4, 0.5) is 19.3 Å². The largest absolute Gasteiger partial charge is 0.325 e. The zero-order valence-electron chi connectivity index (χ0n) is 15.1. The molecular weight excluding hydrogens is 358 g/mol.